The molecule has 1 aromatic rings. The molecule has 2 aliphatic rings. The van der Waals surface area contributed by atoms with Gasteiger partial charge in [0.2, 0.25) is 11.8 Å². The van der Waals surface area contributed by atoms with Gasteiger partial charge in [-0.05, 0) is 31.9 Å². The standard InChI is InChI=1S/C18H21NO4/c1-12-6-8-14(9-7-12)23-11-13(20)10-19-17(21)15-4-2-3-5-16(15)18(19)22/h2-3,6-9,13,15-16,20H,4-5,10-11H2,1H3/t13-,15-,16+/m0/s1. The van der Waals surface area contributed by atoms with Crippen LogP contribution in [0.15, 0.2) is 36.4 Å². The Morgan fingerprint density at radius 1 is 1.13 bits per heavy atom. The number of aliphatic hydroxyl groups is 1. The maximum Gasteiger partial charge on any atom is 0.233 e. The van der Waals surface area contributed by atoms with Crippen LogP contribution in [0.25, 0.3) is 0 Å². The molecule has 5 nitrogen and oxygen atoms in total. The molecule has 0 bridgehead atoms. The Morgan fingerprint density at radius 2 is 1.70 bits per heavy atom. The molecule has 0 spiro atoms. The maximum atomic E-state index is 12.3. The Bertz CT molecular complexity index is 596. The lowest BCUT2D eigenvalue weighted by Gasteiger charge is -2.19. The molecule has 0 aromatic heterocycles. The van der Waals surface area contributed by atoms with Crippen molar-refractivity contribution in [2.24, 2.45) is 11.8 Å². The average molecular weight is 315 g/mol. The number of hydrogen-bond acceptors (Lipinski definition) is 4. The summed E-state index contributed by atoms with van der Waals surface area (Å²) in [5.41, 5.74) is 1.13. The van der Waals surface area contributed by atoms with E-state index in [1.54, 1.807) is 0 Å². The van der Waals surface area contributed by atoms with Crippen LogP contribution in [0.2, 0.25) is 0 Å². The van der Waals surface area contributed by atoms with Gasteiger partial charge < -0.3 is 9.84 Å². The van der Waals surface area contributed by atoms with Crippen LogP contribution in [0.1, 0.15) is 18.4 Å². The summed E-state index contributed by atoms with van der Waals surface area (Å²) in [6.45, 7) is 2.03. The predicted octanol–water partition coefficient (Wildman–Crippen LogP) is 1.69. The fourth-order valence-corrected chi connectivity index (χ4v) is 3.14. The number of benzene rings is 1. The second-order valence-electron chi connectivity index (χ2n) is 6.22. The number of likely N-dealkylation sites (tertiary alicyclic amines) is 1. The molecule has 0 unspecified atom stereocenters. The third-order valence-corrected chi connectivity index (χ3v) is 4.46. The van der Waals surface area contributed by atoms with Crippen LogP contribution in [0.3, 0.4) is 0 Å². The monoisotopic (exact) mass is 315 g/mol. The number of aliphatic hydroxyl groups excluding tert-OH is 1. The summed E-state index contributed by atoms with van der Waals surface area (Å²) in [4.78, 5) is 25.8. The Labute approximate surface area is 135 Å². The molecule has 1 fully saturated rings. The van der Waals surface area contributed by atoms with Crippen LogP contribution < -0.4 is 4.74 Å². The largest absolute Gasteiger partial charge is 0.491 e. The van der Waals surface area contributed by atoms with Crippen molar-refractivity contribution >= 4 is 11.8 Å². The molecule has 3 rings (SSSR count). The second-order valence-corrected chi connectivity index (χ2v) is 6.22. The summed E-state index contributed by atoms with van der Waals surface area (Å²) in [5, 5.41) is 10.1. The predicted molar refractivity (Wildman–Crippen MR) is 84.8 cm³/mol. The van der Waals surface area contributed by atoms with Gasteiger partial charge in [0.05, 0.1) is 18.4 Å². The van der Waals surface area contributed by atoms with Crippen LogP contribution in [0.5, 0.6) is 5.75 Å². The van der Waals surface area contributed by atoms with E-state index in [1.165, 1.54) is 4.90 Å². The number of carbonyl (C=O) groups is 2. The van der Waals surface area contributed by atoms with Crippen molar-refractivity contribution in [1.82, 2.24) is 4.90 Å². The van der Waals surface area contributed by atoms with Gasteiger partial charge in [-0.1, -0.05) is 29.8 Å². The molecule has 0 radical (unpaired) electrons. The smallest absolute Gasteiger partial charge is 0.233 e. The summed E-state index contributed by atoms with van der Waals surface area (Å²) in [6, 6.07) is 7.50. The number of rotatable bonds is 5. The molecule has 5 heteroatoms. The molecule has 1 heterocycles. The third-order valence-electron chi connectivity index (χ3n) is 4.46. The molecule has 122 valence electrons. The van der Waals surface area contributed by atoms with Crippen molar-refractivity contribution < 1.29 is 19.4 Å². The van der Waals surface area contributed by atoms with Gasteiger partial charge in [-0.3, -0.25) is 14.5 Å². The number of amides is 2. The maximum absolute atomic E-state index is 12.3. The summed E-state index contributed by atoms with van der Waals surface area (Å²) >= 11 is 0. The van der Waals surface area contributed by atoms with E-state index in [9.17, 15) is 14.7 Å². The first-order chi connectivity index (χ1) is 11.1. The molecule has 1 aliphatic heterocycles. The van der Waals surface area contributed by atoms with Gasteiger partial charge >= 0.3 is 0 Å². The highest BCUT2D eigenvalue weighted by Crippen LogP contribution is 2.35. The van der Waals surface area contributed by atoms with Crippen molar-refractivity contribution in [3.05, 3.63) is 42.0 Å². The first kappa shape index (κ1) is 15.7. The molecule has 0 saturated carbocycles. The van der Waals surface area contributed by atoms with Crippen molar-refractivity contribution in [2.45, 2.75) is 25.9 Å². The quantitative estimate of drug-likeness (QED) is 0.663. The first-order valence-corrected chi connectivity index (χ1v) is 7.94. The Morgan fingerprint density at radius 3 is 2.26 bits per heavy atom. The number of allylic oxidation sites excluding steroid dienone is 2. The number of hydrogen-bond donors (Lipinski definition) is 1. The third kappa shape index (κ3) is 3.29. The van der Waals surface area contributed by atoms with E-state index in [-0.39, 0.29) is 36.8 Å². The summed E-state index contributed by atoms with van der Waals surface area (Å²) in [6.07, 6.45) is 4.24. The average Bonchev–Trinajstić information content (AvgIpc) is 2.80. The van der Waals surface area contributed by atoms with E-state index in [4.69, 9.17) is 4.74 Å². The number of β-amino-alcohol motifs (C(OH)–C–C–N with tert-alkyl or cyclic N) is 1. The van der Waals surface area contributed by atoms with Gasteiger partial charge in [0.25, 0.3) is 0 Å². The van der Waals surface area contributed by atoms with E-state index >= 15 is 0 Å². The summed E-state index contributed by atoms with van der Waals surface area (Å²) in [7, 11) is 0. The van der Waals surface area contributed by atoms with Gasteiger partial charge in [0.15, 0.2) is 0 Å². The lowest BCUT2D eigenvalue weighted by Crippen LogP contribution is -2.40. The molecule has 1 N–H and O–H groups in total. The minimum absolute atomic E-state index is 0.00344. The van der Waals surface area contributed by atoms with Crippen molar-refractivity contribution in [3.8, 4) is 5.75 Å². The molecule has 1 aromatic carbocycles. The van der Waals surface area contributed by atoms with Crippen LogP contribution >= 0.6 is 0 Å². The van der Waals surface area contributed by atoms with E-state index in [1.807, 2.05) is 43.3 Å². The fraction of sp³-hybridized carbons (Fsp3) is 0.444. The number of nitrogens with zero attached hydrogens (tertiary/aromatic N) is 1. The highest BCUT2D eigenvalue weighted by atomic mass is 16.5. The van der Waals surface area contributed by atoms with Gasteiger partial charge in [-0.25, -0.2) is 0 Å². The highest BCUT2D eigenvalue weighted by molar-refractivity contribution is 6.05. The molecule has 3 atom stereocenters. The minimum Gasteiger partial charge on any atom is -0.491 e. The zero-order valence-corrected chi connectivity index (χ0v) is 13.1. The van der Waals surface area contributed by atoms with Crippen LogP contribution in [0, 0.1) is 18.8 Å². The lowest BCUT2D eigenvalue weighted by molar-refractivity contribution is -0.141. The van der Waals surface area contributed by atoms with Gasteiger partial charge in [-0.2, -0.15) is 0 Å². The van der Waals surface area contributed by atoms with Crippen LogP contribution in [-0.4, -0.2) is 41.1 Å². The van der Waals surface area contributed by atoms with Crippen LogP contribution in [0.4, 0.5) is 0 Å². The molecule has 1 saturated heterocycles. The highest BCUT2D eigenvalue weighted by Gasteiger charge is 2.47. The number of imide groups is 1. The van der Waals surface area contributed by atoms with Gasteiger partial charge in [0, 0.05) is 0 Å². The zero-order chi connectivity index (χ0) is 16.4. The molecule has 23 heavy (non-hydrogen) atoms. The van der Waals surface area contributed by atoms with Crippen LogP contribution in [-0.2, 0) is 9.59 Å². The lowest BCUT2D eigenvalue weighted by atomic mass is 9.85. The minimum atomic E-state index is -0.891. The van der Waals surface area contributed by atoms with Crippen molar-refractivity contribution in [2.75, 3.05) is 13.2 Å². The number of aryl methyl sites for hydroxylation is 1. The van der Waals surface area contributed by atoms with E-state index < -0.39 is 6.10 Å². The molecular formula is C18H21NO4. The Balaban J connectivity index is 1.55. The van der Waals surface area contributed by atoms with E-state index in [0.29, 0.717) is 18.6 Å². The molecular weight excluding hydrogens is 294 g/mol. The van der Waals surface area contributed by atoms with Gasteiger partial charge in [-0.15, -0.1) is 0 Å². The summed E-state index contributed by atoms with van der Waals surface area (Å²) < 4.78 is 5.51. The SMILES string of the molecule is Cc1ccc(OC[C@@H](O)CN2C(=O)[C@H]3CC=CC[C@H]3C2=O)cc1. The first-order valence-electron chi connectivity index (χ1n) is 7.94. The molecule has 2 amide bonds. The van der Waals surface area contributed by atoms with Crippen molar-refractivity contribution in [3.63, 3.8) is 0 Å². The normalized spacial score (nSPS) is 24.7. The second kappa shape index (κ2) is 6.54. The van der Waals surface area contributed by atoms with Gasteiger partial charge in [0.1, 0.15) is 18.5 Å². The summed E-state index contributed by atoms with van der Waals surface area (Å²) in [5.74, 6) is -0.181. The fourth-order valence-electron chi connectivity index (χ4n) is 3.14. The Kier molecular flexibility index (Phi) is 4.48. The van der Waals surface area contributed by atoms with E-state index in [2.05, 4.69) is 0 Å². The number of carbonyl (C=O) groups excluding carboxylic acids is 2. The van der Waals surface area contributed by atoms with E-state index in [0.717, 1.165) is 5.56 Å². The number of ether oxygens (including phenoxy) is 1. The molecule has 1 aliphatic carbocycles. The zero-order valence-electron chi connectivity index (χ0n) is 13.1. The Hall–Kier alpha value is -2.14. The topological polar surface area (TPSA) is 66.8 Å². The van der Waals surface area contributed by atoms with Crippen molar-refractivity contribution in [1.29, 1.82) is 0 Å². The number of fused-ring (bicyclic) bond motifs is 1.